The van der Waals surface area contributed by atoms with E-state index in [0.29, 0.717) is 64.8 Å². The summed E-state index contributed by atoms with van der Waals surface area (Å²) in [4.78, 5) is 65.5. The molecule has 0 bridgehead atoms. The first-order valence-corrected chi connectivity index (χ1v) is 14.4. The number of nitrogens with two attached hydrogens (primary N) is 1. The quantitative estimate of drug-likeness (QED) is 0.258. The van der Waals surface area contributed by atoms with Crippen LogP contribution in [0.25, 0.3) is 0 Å². The summed E-state index contributed by atoms with van der Waals surface area (Å²) in [7, 11) is 0. The molecule has 2 aromatic carbocycles. The highest BCUT2D eigenvalue weighted by Gasteiger charge is 2.50. The zero-order valence-electron chi connectivity index (χ0n) is 21.3. The lowest BCUT2D eigenvalue weighted by Gasteiger charge is -2.40. The molecular weight excluding hydrogens is 650 g/mol. The molecule has 1 aliphatic carbocycles. The van der Waals surface area contributed by atoms with Gasteiger partial charge < -0.3 is 31.3 Å². The van der Waals surface area contributed by atoms with Crippen molar-refractivity contribution in [1.82, 2.24) is 15.1 Å². The number of nitrogens with zero attached hydrogens (tertiary/aromatic N) is 2. The maximum absolute atomic E-state index is 13.2. The first-order valence-electron chi connectivity index (χ1n) is 12.8. The van der Waals surface area contributed by atoms with Crippen LogP contribution in [0.2, 0.25) is 0 Å². The topological polar surface area (TPSA) is 162 Å². The van der Waals surface area contributed by atoms with Crippen LogP contribution in [0, 0.1) is 11.8 Å². The van der Waals surface area contributed by atoms with E-state index in [1.807, 2.05) is 0 Å². The average Bonchev–Trinajstić information content (AvgIpc) is 3.74. The number of ketones is 1. The van der Waals surface area contributed by atoms with E-state index < -0.39 is 18.4 Å². The number of urea groups is 1. The van der Waals surface area contributed by atoms with Gasteiger partial charge >= 0.3 is 12.0 Å². The molecule has 5 N–H and O–H groups in total. The Morgan fingerprint density at radius 3 is 2.35 bits per heavy atom. The number of fused-ring (bicyclic) bond motifs is 1. The standard InChI is InChI=1S/C27H27Br2N5O6/c28-19-7-15(8-20(29)23(19)30)24(37)17-10-18(17)26(39)33-5-3-16(4-6-33)34-12-14-2-1-13(9-21(14)32-27(34)40)25(38)31-11-22(35)36/h1-2,7-9,16-18H,3-6,10-12,30H2,(H,31,38)(H,32,40)(H,35,36). The van der Waals surface area contributed by atoms with Crippen molar-refractivity contribution in [3.8, 4) is 0 Å². The van der Waals surface area contributed by atoms with Gasteiger partial charge in [-0.1, -0.05) is 6.07 Å². The van der Waals surface area contributed by atoms with Crippen LogP contribution in [0.5, 0.6) is 0 Å². The molecule has 5 rings (SSSR count). The lowest BCUT2D eigenvalue weighted by atomic mass is 9.99. The number of benzene rings is 2. The number of Topliss-reactive ketones (excluding diaryl/α,β-unsaturated/α-hetero) is 1. The minimum atomic E-state index is -1.14. The zero-order chi connectivity index (χ0) is 28.7. The van der Waals surface area contributed by atoms with Crippen molar-refractivity contribution < 1.29 is 29.1 Å². The molecule has 13 heteroatoms. The van der Waals surface area contributed by atoms with Gasteiger partial charge in [0.1, 0.15) is 6.54 Å². The molecular formula is C27H27Br2N5O6. The number of carbonyl (C=O) groups is 5. The molecule has 1 saturated heterocycles. The van der Waals surface area contributed by atoms with E-state index in [1.165, 1.54) is 6.07 Å². The number of carbonyl (C=O) groups excluding carboxylic acids is 4. The Labute approximate surface area is 246 Å². The van der Waals surface area contributed by atoms with Crippen LogP contribution in [-0.4, -0.2) is 70.2 Å². The number of rotatable bonds is 7. The van der Waals surface area contributed by atoms with Crippen LogP contribution < -0.4 is 16.4 Å². The van der Waals surface area contributed by atoms with Crippen molar-refractivity contribution in [1.29, 1.82) is 0 Å². The number of nitrogens with one attached hydrogen (secondary N) is 2. The Balaban J connectivity index is 1.15. The number of likely N-dealkylation sites (tertiary alicyclic amines) is 1. The van der Waals surface area contributed by atoms with E-state index in [2.05, 4.69) is 42.5 Å². The van der Waals surface area contributed by atoms with Crippen LogP contribution >= 0.6 is 31.9 Å². The Bertz CT molecular complexity index is 1400. The first kappa shape index (κ1) is 28.1. The van der Waals surface area contributed by atoms with Crippen LogP contribution in [0.3, 0.4) is 0 Å². The van der Waals surface area contributed by atoms with Gasteiger partial charge in [-0.3, -0.25) is 19.2 Å². The summed E-state index contributed by atoms with van der Waals surface area (Å²) in [6.45, 7) is 0.870. The number of aliphatic carboxylic acids is 1. The molecule has 3 aliphatic rings. The predicted octanol–water partition coefficient (Wildman–Crippen LogP) is 3.47. The lowest BCUT2D eigenvalue weighted by molar-refractivity contribution is -0.136. The molecule has 4 amide bonds. The summed E-state index contributed by atoms with van der Waals surface area (Å²) in [5, 5.41) is 13.9. The molecule has 40 heavy (non-hydrogen) atoms. The number of carboxylic acids is 1. The summed E-state index contributed by atoms with van der Waals surface area (Å²) >= 11 is 6.73. The van der Waals surface area contributed by atoms with E-state index in [0.717, 1.165) is 5.56 Å². The molecule has 11 nitrogen and oxygen atoms in total. The molecule has 0 radical (unpaired) electrons. The van der Waals surface area contributed by atoms with Gasteiger partial charge in [-0.25, -0.2) is 4.79 Å². The minimum absolute atomic E-state index is 0.0208. The van der Waals surface area contributed by atoms with E-state index in [1.54, 1.807) is 34.1 Å². The van der Waals surface area contributed by atoms with Crippen molar-refractivity contribution in [3.05, 3.63) is 56.0 Å². The highest BCUT2D eigenvalue weighted by molar-refractivity contribution is 9.11. The Morgan fingerprint density at radius 1 is 1.02 bits per heavy atom. The third-order valence-electron chi connectivity index (χ3n) is 7.64. The van der Waals surface area contributed by atoms with Gasteiger partial charge in [0.05, 0.1) is 5.69 Å². The maximum Gasteiger partial charge on any atom is 0.322 e. The Kier molecular flexibility index (Phi) is 7.87. The van der Waals surface area contributed by atoms with Crippen molar-refractivity contribution in [2.45, 2.75) is 31.8 Å². The summed E-state index contributed by atoms with van der Waals surface area (Å²) < 4.78 is 1.25. The van der Waals surface area contributed by atoms with Crippen LogP contribution in [0.15, 0.2) is 39.3 Å². The molecule has 210 valence electrons. The zero-order valence-corrected chi connectivity index (χ0v) is 24.5. The fourth-order valence-corrected chi connectivity index (χ4v) is 6.48. The number of anilines is 2. The van der Waals surface area contributed by atoms with Gasteiger partial charge in [0.2, 0.25) is 5.91 Å². The van der Waals surface area contributed by atoms with Gasteiger partial charge in [0, 0.05) is 63.3 Å². The Hall–Kier alpha value is -3.45. The molecule has 1 saturated carbocycles. The largest absolute Gasteiger partial charge is 0.480 e. The first-order chi connectivity index (χ1) is 19.0. The molecule has 2 aromatic rings. The van der Waals surface area contributed by atoms with Crippen LogP contribution in [-0.2, 0) is 16.1 Å². The predicted molar refractivity (Wildman–Crippen MR) is 153 cm³/mol. The van der Waals surface area contributed by atoms with E-state index in [9.17, 15) is 24.0 Å². The van der Waals surface area contributed by atoms with Gasteiger partial charge in [-0.2, -0.15) is 0 Å². The van der Waals surface area contributed by atoms with E-state index >= 15 is 0 Å². The summed E-state index contributed by atoms with van der Waals surface area (Å²) in [6, 6.07) is 7.92. The smallest absolute Gasteiger partial charge is 0.322 e. The van der Waals surface area contributed by atoms with Gasteiger partial charge in [0.25, 0.3) is 5.91 Å². The fraction of sp³-hybridized carbons (Fsp3) is 0.370. The highest BCUT2D eigenvalue weighted by Crippen LogP contribution is 2.44. The summed E-state index contributed by atoms with van der Waals surface area (Å²) in [5.74, 6) is -2.44. The van der Waals surface area contributed by atoms with Crippen molar-refractivity contribution in [2.24, 2.45) is 11.8 Å². The molecule has 0 spiro atoms. The molecule has 2 unspecified atom stereocenters. The fourth-order valence-electron chi connectivity index (χ4n) is 5.30. The highest BCUT2D eigenvalue weighted by atomic mass is 79.9. The molecule has 2 heterocycles. The van der Waals surface area contributed by atoms with E-state index in [4.69, 9.17) is 10.8 Å². The summed E-state index contributed by atoms with van der Waals surface area (Å²) in [5.41, 5.74) is 8.56. The second kappa shape index (κ2) is 11.2. The lowest BCUT2D eigenvalue weighted by Crippen LogP contribution is -2.51. The second-order valence-electron chi connectivity index (χ2n) is 10.2. The monoisotopic (exact) mass is 675 g/mol. The van der Waals surface area contributed by atoms with Crippen LogP contribution in [0.1, 0.15) is 45.5 Å². The van der Waals surface area contributed by atoms with Crippen LogP contribution in [0.4, 0.5) is 16.2 Å². The average molecular weight is 677 g/mol. The van der Waals surface area contributed by atoms with Gasteiger partial charge in [0.15, 0.2) is 5.78 Å². The third kappa shape index (κ3) is 5.71. The van der Waals surface area contributed by atoms with Crippen molar-refractivity contribution >= 4 is 72.8 Å². The molecule has 2 atom stereocenters. The normalized spacial score (nSPS) is 20.4. The van der Waals surface area contributed by atoms with Crippen molar-refractivity contribution in [3.63, 3.8) is 0 Å². The molecule has 0 aromatic heterocycles. The number of carboxylic acid groups (broad SMARTS) is 1. The second-order valence-corrected chi connectivity index (χ2v) is 11.9. The number of halogens is 2. The number of hydrogen-bond acceptors (Lipinski definition) is 6. The summed E-state index contributed by atoms with van der Waals surface area (Å²) in [6.07, 6.45) is 1.76. The Morgan fingerprint density at radius 2 is 1.70 bits per heavy atom. The van der Waals surface area contributed by atoms with E-state index in [-0.39, 0.29) is 41.2 Å². The number of piperidine rings is 1. The third-order valence-corrected chi connectivity index (χ3v) is 8.95. The van der Waals surface area contributed by atoms with Gasteiger partial charge in [-0.15, -0.1) is 0 Å². The SMILES string of the molecule is Nc1c(Br)cc(C(=O)C2CC2C(=O)N2CCC(N3Cc4ccc(C(=O)NCC(=O)O)cc4NC3=O)CC2)cc1Br. The van der Waals surface area contributed by atoms with Gasteiger partial charge in [-0.05, 0) is 81.0 Å². The minimum Gasteiger partial charge on any atom is -0.480 e. The number of nitrogen functional groups attached to an aromatic ring is 1. The maximum atomic E-state index is 13.2. The molecule has 2 fully saturated rings. The molecule has 2 aliphatic heterocycles. The number of amides is 4. The van der Waals surface area contributed by atoms with Crippen molar-refractivity contribution in [2.75, 3.05) is 30.7 Å². The number of hydrogen-bond donors (Lipinski definition) is 4.